The molecule has 0 aliphatic heterocycles. The summed E-state index contributed by atoms with van der Waals surface area (Å²) in [5, 5.41) is 7.23. The Morgan fingerprint density at radius 3 is 2.52 bits per heavy atom. The molecule has 0 aliphatic carbocycles. The van der Waals surface area contributed by atoms with Gasteiger partial charge in [-0.1, -0.05) is 17.7 Å². The Morgan fingerprint density at radius 1 is 1.14 bits per heavy atom. The molecule has 0 saturated heterocycles. The first kappa shape index (κ1) is 22.7. The number of carbonyl (C=O) groups is 2. The van der Waals surface area contributed by atoms with Crippen molar-refractivity contribution in [3.63, 3.8) is 0 Å². The van der Waals surface area contributed by atoms with Gasteiger partial charge in [-0.25, -0.2) is 5.43 Å². The van der Waals surface area contributed by atoms with Gasteiger partial charge < -0.3 is 14.8 Å². The van der Waals surface area contributed by atoms with Crippen molar-refractivity contribution in [2.75, 3.05) is 19.5 Å². The fourth-order valence-corrected chi connectivity index (χ4v) is 3.09. The van der Waals surface area contributed by atoms with E-state index in [4.69, 9.17) is 21.1 Å². The second-order valence-corrected chi connectivity index (χ2v) is 7.24. The molecule has 29 heavy (non-hydrogen) atoms. The molecule has 0 heterocycles. The highest BCUT2D eigenvalue weighted by atomic mass is 79.9. The molecule has 0 aliphatic rings. The zero-order valence-corrected chi connectivity index (χ0v) is 18.6. The Bertz CT molecular complexity index is 934. The zero-order valence-electron chi connectivity index (χ0n) is 16.2. The number of halogens is 2. The van der Waals surface area contributed by atoms with E-state index in [1.165, 1.54) is 13.3 Å². The molecule has 2 aromatic carbocycles. The first-order valence-corrected chi connectivity index (χ1v) is 9.81. The first-order chi connectivity index (χ1) is 13.8. The molecule has 0 spiro atoms. The number of rotatable bonds is 8. The summed E-state index contributed by atoms with van der Waals surface area (Å²) < 4.78 is 11.2. The van der Waals surface area contributed by atoms with Crippen LogP contribution in [0.5, 0.6) is 11.5 Å². The number of amides is 2. The average Bonchev–Trinajstić information content (AvgIpc) is 2.70. The van der Waals surface area contributed by atoms with Crippen LogP contribution in [0.3, 0.4) is 0 Å². The normalized spacial score (nSPS) is 10.7. The number of nitrogens with one attached hydrogen (secondary N) is 2. The van der Waals surface area contributed by atoms with Gasteiger partial charge in [0, 0.05) is 35.2 Å². The molecular weight excluding hydrogens is 462 g/mol. The number of hydrazone groups is 1. The molecule has 2 amide bonds. The van der Waals surface area contributed by atoms with Crippen LogP contribution in [0.4, 0.5) is 5.69 Å². The Labute approximate surface area is 182 Å². The number of carbonyl (C=O) groups excluding carboxylic acids is 2. The third-order valence-corrected chi connectivity index (χ3v) is 5.05. The summed E-state index contributed by atoms with van der Waals surface area (Å²) in [6.07, 6.45) is 1.47. The van der Waals surface area contributed by atoms with Crippen LogP contribution in [0.1, 0.15) is 24.0 Å². The fourth-order valence-electron chi connectivity index (χ4n) is 2.40. The van der Waals surface area contributed by atoms with Crippen LogP contribution in [0.2, 0.25) is 5.02 Å². The van der Waals surface area contributed by atoms with Crippen molar-refractivity contribution in [2.24, 2.45) is 5.10 Å². The van der Waals surface area contributed by atoms with Gasteiger partial charge in [-0.05, 0) is 46.6 Å². The lowest BCUT2D eigenvalue weighted by Gasteiger charge is -2.09. The predicted molar refractivity (Wildman–Crippen MR) is 117 cm³/mol. The van der Waals surface area contributed by atoms with E-state index >= 15 is 0 Å². The van der Waals surface area contributed by atoms with Gasteiger partial charge in [0.2, 0.25) is 11.8 Å². The van der Waals surface area contributed by atoms with Gasteiger partial charge in [0.25, 0.3) is 0 Å². The van der Waals surface area contributed by atoms with Crippen molar-refractivity contribution in [2.45, 2.75) is 19.8 Å². The molecule has 0 saturated carbocycles. The first-order valence-electron chi connectivity index (χ1n) is 8.64. The number of benzene rings is 2. The number of hydrogen-bond donors (Lipinski definition) is 2. The Balaban J connectivity index is 1.87. The maximum Gasteiger partial charge on any atom is 0.240 e. The summed E-state index contributed by atoms with van der Waals surface area (Å²) >= 11 is 9.42. The van der Waals surface area contributed by atoms with E-state index in [1.807, 2.05) is 6.92 Å². The van der Waals surface area contributed by atoms with E-state index in [2.05, 4.69) is 31.8 Å². The van der Waals surface area contributed by atoms with Gasteiger partial charge in [0.1, 0.15) is 11.5 Å². The lowest BCUT2D eigenvalue weighted by atomic mass is 10.2. The van der Waals surface area contributed by atoms with Gasteiger partial charge >= 0.3 is 0 Å². The Hall–Kier alpha value is -2.58. The van der Waals surface area contributed by atoms with Crippen LogP contribution in [0.15, 0.2) is 39.9 Å². The SMILES string of the molecule is COc1cc(OC)c(C=NNC(=O)CCC(=O)Nc2cccc(Cl)c2C)cc1Br. The van der Waals surface area contributed by atoms with E-state index in [1.54, 1.807) is 37.4 Å². The Morgan fingerprint density at radius 2 is 1.83 bits per heavy atom. The molecular formula is C20H21BrClN3O4. The topological polar surface area (TPSA) is 89.0 Å². The lowest BCUT2D eigenvalue weighted by molar-refractivity contribution is -0.124. The van der Waals surface area contributed by atoms with Crippen molar-refractivity contribution in [1.29, 1.82) is 0 Å². The molecule has 2 N–H and O–H groups in total. The van der Waals surface area contributed by atoms with Crippen LogP contribution in [-0.2, 0) is 9.59 Å². The Kier molecular flexibility index (Phi) is 8.48. The molecule has 0 radical (unpaired) electrons. The monoisotopic (exact) mass is 481 g/mol. The molecule has 9 heteroatoms. The molecule has 0 atom stereocenters. The summed E-state index contributed by atoms with van der Waals surface area (Å²) in [7, 11) is 3.08. The molecule has 2 rings (SSSR count). The van der Waals surface area contributed by atoms with Crippen LogP contribution in [-0.4, -0.2) is 32.2 Å². The van der Waals surface area contributed by atoms with Crippen molar-refractivity contribution in [3.8, 4) is 11.5 Å². The molecule has 2 aromatic rings. The second-order valence-electron chi connectivity index (χ2n) is 5.98. The largest absolute Gasteiger partial charge is 0.496 e. The summed E-state index contributed by atoms with van der Waals surface area (Å²) in [6.45, 7) is 1.81. The van der Waals surface area contributed by atoms with E-state index in [9.17, 15) is 9.59 Å². The summed E-state index contributed by atoms with van der Waals surface area (Å²) in [6, 6.07) is 8.71. The highest BCUT2D eigenvalue weighted by Gasteiger charge is 2.10. The molecule has 0 bridgehead atoms. The molecule has 0 aromatic heterocycles. The second kappa shape index (κ2) is 10.8. The predicted octanol–water partition coefficient (Wildman–Crippen LogP) is 4.30. The average molecular weight is 483 g/mol. The fraction of sp³-hybridized carbons (Fsp3) is 0.250. The van der Waals surface area contributed by atoms with Gasteiger partial charge in [0.15, 0.2) is 0 Å². The maximum atomic E-state index is 12.1. The van der Waals surface area contributed by atoms with Crippen LogP contribution in [0.25, 0.3) is 0 Å². The number of methoxy groups -OCH3 is 2. The summed E-state index contributed by atoms with van der Waals surface area (Å²) in [5.74, 6) is 0.490. The smallest absolute Gasteiger partial charge is 0.240 e. The molecule has 0 unspecified atom stereocenters. The third kappa shape index (κ3) is 6.47. The van der Waals surface area contributed by atoms with Crippen LogP contribution in [0, 0.1) is 6.92 Å². The minimum atomic E-state index is -0.384. The third-order valence-electron chi connectivity index (χ3n) is 4.02. The number of nitrogens with zero attached hydrogens (tertiary/aromatic N) is 1. The van der Waals surface area contributed by atoms with E-state index in [-0.39, 0.29) is 24.7 Å². The maximum absolute atomic E-state index is 12.1. The van der Waals surface area contributed by atoms with Crippen molar-refractivity contribution in [1.82, 2.24) is 5.43 Å². The number of hydrogen-bond acceptors (Lipinski definition) is 5. The summed E-state index contributed by atoms with van der Waals surface area (Å²) in [5.41, 5.74) is 4.44. The van der Waals surface area contributed by atoms with Crippen LogP contribution < -0.4 is 20.2 Å². The van der Waals surface area contributed by atoms with E-state index in [0.29, 0.717) is 27.8 Å². The van der Waals surface area contributed by atoms with Gasteiger partial charge in [-0.2, -0.15) is 5.10 Å². The summed E-state index contributed by atoms with van der Waals surface area (Å²) in [4.78, 5) is 24.0. The molecule has 7 nitrogen and oxygen atoms in total. The van der Waals surface area contributed by atoms with Gasteiger partial charge in [0.05, 0.1) is 24.9 Å². The zero-order chi connectivity index (χ0) is 21.4. The van der Waals surface area contributed by atoms with Crippen molar-refractivity contribution >= 4 is 51.2 Å². The van der Waals surface area contributed by atoms with Crippen molar-refractivity contribution < 1.29 is 19.1 Å². The minimum Gasteiger partial charge on any atom is -0.496 e. The molecule has 0 fully saturated rings. The lowest BCUT2D eigenvalue weighted by Crippen LogP contribution is -2.21. The number of anilines is 1. The highest BCUT2D eigenvalue weighted by molar-refractivity contribution is 9.10. The highest BCUT2D eigenvalue weighted by Crippen LogP contribution is 2.31. The van der Waals surface area contributed by atoms with Crippen molar-refractivity contribution in [3.05, 3.63) is 51.0 Å². The molecule has 154 valence electrons. The van der Waals surface area contributed by atoms with Gasteiger partial charge in [-0.15, -0.1) is 0 Å². The van der Waals surface area contributed by atoms with Crippen LogP contribution >= 0.6 is 27.5 Å². The minimum absolute atomic E-state index is 0.00771. The number of ether oxygens (including phenoxy) is 2. The standard InChI is InChI=1S/C20H21BrClN3O4/c1-12-15(22)5-4-6-16(12)24-19(26)7-8-20(27)25-23-11-13-9-14(21)18(29-3)10-17(13)28-2/h4-6,9-11H,7-8H2,1-3H3,(H,24,26)(H,25,27). The quantitative estimate of drug-likeness (QED) is 0.434. The van der Waals surface area contributed by atoms with E-state index in [0.717, 1.165) is 10.0 Å². The van der Waals surface area contributed by atoms with E-state index < -0.39 is 0 Å². The van der Waals surface area contributed by atoms with Gasteiger partial charge in [-0.3, -0.25) is 9.59 Å².